The van der Waals surface area contributed by atoms with Crippen LogP contribution in [0.2, 0.25) is 0 Å². The second-order valence-electron chi connectivity index (χ2n) is 24.3. The molecule has 18 heteroatoms. The van der Waals surface area contributed by atoms with Crippen LogP contribution in [0.4, 0.5) is 4.39 Å². The Hall–Kier alpha value is -8.24. The average Bonchev–Trinajstić information content (AvgIpc) is 2.86. The van der Waals surface area contributed by atoms with Crippen molar-refractivity contribution in [3.05, 3.63) is 168 Å². The van der Waals surface area contributed by atoms with Gasteiger partial charge in [0.1, 0.15) is 35.6 Å². The molecule has 9 rings (SSSR count). The van der Waals surface area contributed by atoms with E-state index in [1.165, 1.54) is 16.7 Å². The lowest BCUT2D eigenvalue weighted by molar-refractivity contribution is -0.145. The molecule has 3 aliphatic rings. The van der Waals surface area contributed by atoms with Crippen molar-refractivity contribution in [3.8, 4) is 40.0 Å². The maximum absolute atomic E-state index is 14.7. The van der Waals surface area contributed by atoms with E-state index in [1.807, 2.05) is 77.6 Å². The topological polar surface area (TPSA) is 216 Å². The molecule has 3 heterocycles. The van der Waals surface area contributed by atoms with Crippen LogP contribution in [0.3, 0.4) is 0 Å². The van der Waals surface area contributed by atoms with Crippen LogP contribution in [0.5, 0.6) is 5.75 Å². The molecule has 1 saturated heterocycles. The summed E-state index contributed by atoms with van der Waals surface area (Å²) in [6.45, 7) is 18.9. The molecule has 2 aromatic heterocycles. The van der Waals surface area contributed by atoms with Gasteiger partial charge in [-0.3, -0.25) is 24.6 Å². The number of ether oxygens (including phenoxy) is 1. The Labute approximate surface area is 519 Å². The lowest BCUT2D eigenvalue weighted by atomic mass is 9.85. The fourth-order valence-corrected chi connectivity index (χ4v) is 12.0. The van der Waals surface area contributed by atoms with Gasteiger partial charge in [-0.05, 0) is 109 Å². The van der Waals surface area contributed by atoms with Crippen molar-refractivity contribution >= 4 is 51.3 Å². The van der Waals surface area contributed by atoms with Crippen LogP contribution in [-0.4, -0.2) is 109 Å². The number of hydrogen-bond acceptors (Lipinski definition) is 11. The largest absolute Gasteiger partial charge is 0.487 e. The average molecular weight is 1210 g/mol. The molecule has 6 aromatic rings. The molecule has 4 amide bonds. The Morgan fingerprint density at radius 3 is 2.31 bits per heavy atom. The third-order valence-corrected chi connectivity index (χ3v) is 17.2. The molecule has 16 nitrogen and oxygen atoms in total. The van der Waals surface area contributed by atoms with Crippen molar-refractivity contribution in [1.29, 1.82) is 5.41 Å². The second-order valence-corrected chi connectivity index (χ2v) is 25.4. The van der Waals surface area contributed by atoms with Crippen LogP contribution in [0, 0.1) is 22.7 Å². The molecule has 2 saturated carbocycles. The predicted octanol–water partition coefficient (Wildman–Crippen LogP) is 10.2. The van der Waals surface area contributed by atoms with Gasteiger partial charge in [0.25, 0.3) is 5.91 Å². The fraction of sp³-hybridized carbons (Fsp3) is 0.400. The number of thioether (sulfide) groups is 1. The first-order valence-corrected chi connectivity index (χ1v) is 31.4. The van der Waals surface area contributed by atoms with E-state index in [9.17, 15) is 39.2 Å². The Morgan fingerprint density at radius 2 is 1.60 bits per heavy atom. The number of nitrogens with zero attached hydrogens (tertiary/aromatic N) is 4. The number of aliphatic hydroxyl groups excluding tert-OH is 2. The highest BCUT2D eigenvalue weighted by Crippen LogP contribution is 2.42. The SMILES string of the molecule is C=CSC(=C)c1ccc(CNC(=O)[C@@H]2C[C@@H](O)CN2C(=O)[C@@H](NC(=O)C2(F)CC2)C(C)(C)C)c(OCC(=C)NCCCC(=O)NCCCCC#Cc2cccc(Cn3c(-c4ccccc4)c(-c4ccccc4)c4c(=N)n(C5CCC(O)CC5)cnc43)c2)c1. The van der Waals surface area contributed by atoms with Crippen LogP contribution >= 0.6 is 11.8 Å². The van der Waals surface area contributed by atoms with Gasteiger partial charge in [-0.25, -0.2) is 9.37 Å². The molecule has 3 atom stereocenters. The number of nitrogens with one attached hydrogen (secondary N) is 5. The van der Waals surface area contributed by atoms with Gasteiger partial charge in [-0.2, -0.15) is 0 Å². The number of carbonyl (C=O) groups is 4. The third-order valence-electron chi connectivity index (χ3n) is 16.5. The van der Waals surface area contributed by atoms with Crippen molar-refractivity contribution in [2.75, 3.05) is 26.2 Å². The number of halogens is 1. The zero-order valence-electron chi connectivity index (χ0n) is 50.7. The van der Waals surface area contributed by atoms with E-state index >= 15 is 0 Å². The van der Waals surface area contributed by atoms with E-state index in [0.29, 0.717) is 74.2 Å². The lowest BCUT2D eigenvalue weighted by Gasteiger charge is -2.35. The van der Waals surface area contributed by atoms with Gasteiger partial charge in [0, 0.05) is 85.3 Å². The summed E-state index contributed by atoms with van der Waals surface area (Å²) >= 11 is 1.36. The van der Waals surface area contributed by atoms with Crippen LogP contribution in [0.1, 0.15) is 126 Å². The van der Waals surface area contributed by atoms with E-state index < -0.39 is 47.0 Å². The van der Waals surface area contributed by atoms with Crippen LogP contribution < -0.4 is 31.5 Å². The molecule has 0 unspecified atom stereocenters. The highest BCUT2D eigenvalue weighted by atomic mass is 32.2. The van der Waals surface area contributed by atoms with Gasteiger partial charge in [0.2, 0.25) is 17.7 Å². The standard InChI is InChI=1S/C70H82FN9O7S/c1-7-88-47(3)52-28-29-53(41-75-66(84)57-40-56(82)43-78(57)67(85)63(69(4,5)6)77-68(86)70(71)34-35-70)58(39-52)87-44-46(2)73-37-19-27-59(83)74-36-17-9-8-12-20-48-21-18-22-49(38-48)42-79-62(51-25-15-11-16-26-51)60(50-23-13-10-14-24-50)61-64(72)80(45-76-65(61)79)54-30-32-55(81)33-31-54/h7,10-11,13-16,18,21-26,28-29,38-39,45,54-57,63,72-73,81-82H,1-3,8-9,17,19,27,30-37,40-44H2,4-6H3,(H,74,83)(H,75,84)(H,77,86)/t54?,55?,56-,57+,63-/m1/s1. The first-order chi connectivity index (χ1) is 42.3. The molecule has 2 aliphatic carbocycles. The van der Waals surface area contributed by atoms with Gasteiger partial charge < -0.3 is 50.3 Å². The molecule has 462 valence electrons. The highest BCUT2D eigenvalue weighted by molar-refractivity contribution is 8.10. The van der Waals surface area contributed by atoms with Crippen LogP contribution in [-0.2, 0) is 32.3 Å². The number of β-amino-alcohol motifs (C(OH)–C–C–N with tert-alkyl or cyclic N) is 1. The summed E-state index contributed by atoms with van der Waals surface area (Å²) in [7, 11) is 0. The molecule has 88 heavy (non-hydrogen) atoms. The maximum atomic E-state index is 14.7. The van der Waals surface area contributed by atoms with Crippen molar-refractivity contribution in [2.24, 2.45) is 5.41 Å². The molecule has 1 aliphatic heterocycles. The van der Waals surface area contributed by atoms with Gasteiger partial charge in [-0.1, -0.05) is 149 Å². The number of fused-ring (bicyclic) bond motifs is 1. The van der Waals surface area contributed by atoms with E-state index in [-0.39, 0.29) is 57.0 Å². The van der Waals surface area contributed by atoms with E-state index in [1.54, 1.807) is 26.2 Å². The molecule has 3 fully saturated rings. The number of hydrogen-bond donors (Lipinski definition) is 7. The molecular formula is C70H82FN9O7S. The molecule has 0 spiro atoms. The fourth-order valence-electron chi connectivity index (χ4n) is 11.5. The number of rotatable bonds is 26. The number of amides is 4. The third kappa shape index (κ3) is 16.1. The van der Waals surface area contributed by atoms with E-state index in [0.717, 1.165) is 80.7 Å². The normalized spacial score (nSPS) is 18.1. The number of aromatic nitrogens is 3. The van der Waals surface area contributed by atoms with E-state index in [4.69, 9.17) is 9.72 Å². The summed E-state index contributed by atoms with van der Waals surface area (Å²) in [5, 5.41) is 44.9. The summed E-state index contributed by atoms with van der Waals surface area (Å²) in [6.07, 6.45) is 6.89. The number of carbonyl (C=O) groups excluding carboxylic acids is 4. The number of alkyl halides is 1. The molecule has 7 N–H and O–H groups in total. The number of likely N-dealkylation sites (tertiary alicyclic amines) is 1. The summed E-state index contributed by atoms with van der Waals surface area (Å²) in [5.41, 5.74) is 6.34. The highest BCUT2D eigenvalue weighted by Gasteiger charge is 2.53. The smallest absolute Gasteiger partial charge is 0.258 e. The van der Waals surface area contributed by atoms with Gasteiger partial charge in [0.15, 0.2) is 5.67 Å². The number of aliphatic hydroxyl groups is 2. The Morgan fingerprint density at radius 1 is 0.886 bits per heavy atom. The van der Waals surface area contributed by atoms with Crippen molar-refractivity contribution in [3.63, 3.8) is 0 Å². The summed E-state index contributed by atoms with van der Waals surface area (Å²) in [6, 6.07) is 32.3. The maximum Gasteiger partial charge on any atom is 0.258 e. The Bertz CT molecular complexity index is 3650. The first-order valence-electron chi connectivity index (χ1n) is 30.5. The minimum atomic E-state index is -1.99. The van der Waals surface area contributed by atoms with Crippen molar-refractivity contribution in [2.45, 2.75) is 147 Å². The molecule has 0 radical (unpaired) electrons. The zero-order chi connectivity index (χ0) is 62.5. The first kappa shape index (κ1) is 64.2. The summed E-state index contributed by atoms with van der Waals surface area (Å²) in [5.74, 6) is 5.20. The zero-order valence-corrected chi connectivity index (χ0v) is 51.5. The minimum Gasteiger partial charge on any atom is -0.487 e. The quantitative estimate of drug-likeness (QED) is 0.0201. The molecule has 4 aromatic carbocycles. The minimum absolute atomic E-state index is 0.00772. The van der Waals surface area contributed by atoms with Gasteiger partial charge in [0.05, 0.1) is 29.6 Å². The lowest BCUT2D eigenvalue weighted by Crippen LogP contribution is -2.59. The summed E-state index contributed by atoms with van der Waals surface area (Å²) < 4.78 is 25.2. The van der Waals surface area contributed by atoms with Crippen molar-refractivity contribution < 1.29 is 38.5 Å². The molecular weight excluding hydrogens is 1130 g/mol. The van der Waals surface area contributed by atoms with E-state index in [2.05, 4.69) is 93.8 Å². The predicted molar refractivity (Wildman–Crippen MR) is 345 cm³/mol. The van der Waals surface area contributed by atoms with Gasteiger partial charge >= 0.3 is 0 Å². The van der Waals surface area contributed by atoms with Crippen LogP contribution in [0.15, 0.2) is 140 Å². The second kappa shape index (κ2) is 29.2. The summed E-state index contributed by atoms with van der Waals surface area (Å²) in [4.78, 5) is 60.5. The Kier molecular flexibility index (Phi) is 21.3. The number of unbranched alkanes of at least 4 members (excludes halogenated alkanes) is 2. The monoisotopic (exact) mass is 1210 g/mol. The van der Waals surface area contributed by atoms with Crippen molar-refractivity contribution in [1.82, 2.24) is 40.3 Å². The van der Waals surface area contributed by atoms with Gasteiger partial charge in [-0.15, -0.1) is 0 Å². The molecule has 0 bridgehead atoms. The Balaban J connectivity index is 0.734. The van der Waals surface area contributed by atoms with Crippen LogP contribution in [0.25, 0.3) is 38.3 Å². The number of benzene rings is 4.